The van der Waals surface area contributed by atoms with Gasteiger partial charge in [-0.05, 0) is 29.0 Å². The predicted molar refractivity (Wildman–Crippen MR) is 73.8 cm³/mol. The van der Waals surface area contributed by atoms with Crippen molar-refractivity contribution in [3.8, 4) is 5.69 Å². The normalized spacial score (nSPS) is 12.3. The van der Waals surface area contributed by atoms with Gasteiger partial charge in [-0.2, -0.15) is 4.68 Å². The van der Waals surface area contributed by atoms with Gasteiger partial charge in [-0.1, -0.05) is 23.3 Å². The molecule has 1 aromatic heterocycles. The van der Waals surface area contributed by atoms with E-state index in [1.165, 1.54) is 0 Å². The third kappa shape index (κ3) is 3.90. The molecule has 7 heteroatoms. The predicted octanol–water partition coefficient (Wildman–Crippen LogP) is 1.72. The maximum Gasteiger partial charge on any atom is 0.247 e. The molecule has 2 aromatic rings. The van der Waals surface area contributed by atoms with Gasteiger partial charge in [0.05, 0.1) is 17.7 Å². The van der Waals surface area contributed by atoms with Crippen LogP contribution in [0.5, 0.6) is 0 Å². The lowest BCUT2D eigenvalue weighted by atomic mass is 10.3. The molecule has 1 aromatic carbocycles. The molecule has 2 rings (SSSR count). The second-order valence-corrected chi connectivity index (χ2v) is 4.64. The Kier molecular flexibility index (Phi) is 5.11. The molecule has 0 spiro atoms. The third-order valence-electron chi connectivity index (χ3n) is 2.56. The van der Waals surface area contributed by atoms with E-state index in [2.05, 4.69) is 20.8 Å². The Hall–Kier alpha value is -1.66. The molecule has 6 nitrogen and oxygen atoms in total. The summed E-state index contributed by atoms with van der Waals surface area (Å²) in [4.78, 5) is 0. The van der Waals surface area contributed by atoms with E-state index < -0.39 is 0 Å². The van der Waals surface area contributed by atoms with Crippen molar-refractivity contribution in [1.82, 2.24) is 20.2 Å². The summed E-state index contributed by atoms with van der Waals surface area (Å²) < 4.78 is 6.63. The Morgan fingerprint density at radius 1 is 1.37 bits per heavy atom. The summed E-state index contributed by atoms with van der Waals surface area (Å²) in [6, 6.07) is 9.71. The highest BCUT2D eigenvalue weighted by Crippen LogP contribution is 2.11. The monoisotopic (exact) mass is 281 g/mol. The Balaban J connectivity index is 1.94. The Labute approximate surface area is 116 Å². The number of hydrogen-bond donors (Lipinski definition) is 1. The average molecular weight is 282 g/mol. The lowest BCUT2D eigenvalue weighted by molar-refractivity contribution is 0.196. The molecule has 1 heterocycles. The molecule has 1 unspecified atom stereocenters. The maximum atomic E-state index is 6.05. The lowest BCUT2D eigenvalue weighted by Crippen LogP contribution is -2.15. The lowest BCUT2D eigenvalue weighted by Gasteiger charge is -2.09. The van der Waals surface area contributed by atoms with Crippen LogP contribution in [0.3, 0.4) is 0 Å². The second-order valence-electron chi connectivity index (χ2n) is 4.02. The first-order chi connectivity index (χ1) is 9.31. The van der Waals surface area contributed by atoms with Gasteiger partial charge in [0.1, 0.15) is 0 Å². The van der Waals surface area contributed by atoms with Crippen molar-refractivity contribution in [2.24, 2.45) is 0 Å². The number of rotatable bonds is 7. The van der Waals surface area contributed by atoms with E-state index in [1.54, 1.807) is 11.8 Å². The number of para-hydroxylation sites is 1. The molecular formula is C12H16ClN5O. The molecule has 0 saturated carbocycles. The van der Waals surface area contributed by atoms with Crippen LogP contribution in [0.1, 0.15) is 6.42 Å². The van der Waals surface area contributed by atoms with Crippen molar-refractivity contribution in [2.75, 3.05) is 25.6 Å². The molecule has 1 N–H and O–H groups in total. The Morgan fingerprint density at radius 2 is 2.16 bits per heavy atom. The summed E-state index contributed by atoms with van der Waals surface area (Å²) in [6.45, 7) is 1.22. The molecular weight excluding hydrogens is 266 g/mol. The average Bonchev–Trinajstić information content (AvgIpc) is 2.88. The molecule has 0 fully saturated rings. The summed E-state index contributed by atoms with van der Waals surface area (Å²) >= 11 is 6.05. The molecule has 0 aliphatic heterocycles. The number of halogens is 1. The minimum atomic E-state index is -0.0152. The minimum Gasteiger partial charge on any atom is -0.383 e. The number of aromatic nitrogens is 4. The van der Waals surface area contributed by atoms with Gasteiger partial charge in [0.25, 0.3) is 0 Å². The number of nitrogens with zero attached hydrogens (tertiary/aromatic N) is 4. The molecule has 0 amide bonds. The van der Waals surface area contributed by atoms with Gasteiger partial charge in [-0.15, -0.1) is 11.6 Å². The maximum absolute atomic E-state index is 6.05. The summed E-state index contributed by atoms with van der Waals surface area (Å²) in [5.41, 5.74) is 0.911. The van der Waals surface area contributed by atoms with Gasteiger partial charge in [0, 0.05) is 13.7 Å². The van der Waals surface area contributed by atoms with Crippen molar-refractivity contribution in [3.05, 3.63) is 30.3 Å². The number of anilines is 1. The minimum absolute atomic E-state index is 0.0152. The molecule has 102 valence electrons. The van der Waals surface area contributed by atoms with Crippen molar-refractivity contribution < 1.29 is 4.74 Å². The van der Waals surface area contributed by atoms with E-state index >= 15 is 0 Å². The van der Waals surface area contributed by atoms with Crippen LogP contribution < -0.4 is 5.32 Å². The van der Waals surface area contributed by atoms with E-state index in [-0.39, 0.29) is 5.38 Å². The fourth-order valence-corrected chi connectivity index (χ4v) is 1.88. The van der Waals surface area contributed by atoms with Gasteiger partial charge in [-0.3, -0.25) is 0 Å². The van der Waals surface area contributed by atoms with Crippen LogP contribution in [0.15, 0.2) is 30.3 Å². The Morgan fingerprint density at radius 3 is 2.89 bits per heavy atom. The zero-order valence-corrected chi connectivity index (χ0v) is 11.4. The Bertz CT molecular complexity index is 490. The molecule has 0 bridgehead atoms. The third-order valence-corrected chi connectivity index (χ3v) is 2.90. The van der Waals surface area contributed by atoms with Crippen LogP contribution in [0.4, 0.5) is 5.95 Å². The molecule has 19 heavy (non-hydrogen) atoms. The summed E-state index contributed by atoms with van der Waals surface area (Å²) in [5.74, 6) is 0.604. The van der Waals surface area contributed by atoms with Crippen LogP contribution in [0.2, 0.25) is 0 Å². The van der Waals surface area contributed by atoms with Crippen molar-refractivity contribution in [3.63, 3.8) is 0 Å². The number of ether oxygens (including phenoxy) is 1. The zero-order valence-electron chi connectivity index (χ0n) is 10.7. The van der Waals surface area contributed by atoms with Crippen molar-refractivity contribution >= 4 is 17.5 Å². The topological polar surface area (TPSA) is 64.9 Å². The molecule has 0 aliphatic carbocycles. The van der Waals surface area contributed by atoms with Crippen LogP contribution in [0, 0.1) is 0 Å². The summed E-state index contributed by atoms with van der Waals surface area (Å²) in [7, 11) is 1.64. The van der Waals surface area contributed by atoms with E-state index in [0.29, 0.717) is 19.1 Å². The number of tetrazole rings is 1. The first-order valence-corrected chi connectivity index (χ1v) is 6.45. The quantitative estimate of drug-likeness (QED) is 0.783. The fourth-order valence-electron chi connectivity index (χ4n) is 1.65. The number of hydrogen-bond acceptors (Lipinski definition) is 5. The van der Waals surface area contributed by atoms with E-state index in [4.69, 9.17) is 16.3 Å². The smallest absolute Gasteiger partial charge is 0.247 e. The van der Waals surface area contributed by atoms with Gasteiger partial charge >= 0.3 is 0 Å². The van der Waals surface area contributed by atoms with Gasteiger partial charge in [-0.25, -0.2) is 0 Å². The van der Waals surface area contributed by atoms with Gasteiger partial charge in [0.15, 0.2) is 0 Å². The number of methoxy groups -OCH3 is 1. The largest absolute Gasteiger partial charge is 0.383 e. The van der Waals surface area contributed by atoms with E-state index in [1.807, 2.05) is 30.3 Å². The van der Waals surface area contributed by atoms with Gasteiger partial charge < -0.3 is 10.1 Å². The first kappa shape index (κ1) is 13.8. The number of nitrogens with one attached hydrogen (secondary N) is 1. The van der Waals surface area contributed by atoms with Gasteiger partial charge in [0.2, 0.25) is 5.95 Å². The number of alkyl halides is 1. The highest BCUT2D eigenvalue weighted by molar-refractivity contribution is 6.20. The fraction of sp³-hybridized carbons (Fsp3) is 0.417. The van der Waals surface area contributed by atoms with E-state index in [9.17, 15) is 0 Å². The SMILES string of the molecule is COCC(Cl)CCNc1nnnn1-c1ccccc1. The molecule has 0 aliphatic rings. The number of benzene rings is 1. The zero-order chi connectivity index (χ0) is 13.5. The summed E-state index contributed by atoms with van der Waals surface area (Å²) in [6.07, 6.45) is 0.775. The first-order valence-electron chi connectivity index (χ1n) is 6.02. The van der Waals surface area contributed by atoms with Crippen LogP contribution >= 0.6 is 11.6 Å². The standard InChI is InChI=1S/C12H16ClN5O/c1-19-9-10(13)7-8-14-12-15-16-17-18(12)11-5-3-2-4-6-11/h2-6,10H,7-9H2,1H3,(H,14,15,17). The molecule has 1 atom stereocenters. The summed E-state index contributed by atoms with van der Waals surface area (Å²) in [5, 5.41) is 14.7. The van der Waals surface area contributed by atoms with Crippen LogP contribution in [0.25, 0.3) is 5.69 Å². The second kappa shape index (κ2) is 7.06. The van der Waals surface area contributed by atoms with Crippen molar-refractivity contribution in [2.45, 2.75) is 11.8 Å². The van der Waals surface area contributed by atoms with Crippen molar-refractivity contribution in [1.29, 1.82) is 0 Å². The van der Waals surface area contributed by atoms with E-state index in [0.717, 1.165) is 12.1 Å². The highest BCUT2D eigenvalue weighted by atomic mass is 35.5. The molecule has 0 radical (unpaired) electrons. The van der Waals surface area contributed by atoms with Crippen LogP contribution in [-0.2, 0) is 4.74 Å². The molecule has 0 saturated heterocycles. The highest BCUT2D eigenvalue weighted by Gasteiger charge is 2.08. The van der Waals surface area contributed by atoms with Crippen LogP contribution in [-0.4, -0.2) is 45.8 Å².